The van der Waals surface area contributed by atoms with E-state index in [4.69, 9.17) is 14.2 Å². The zero-order valence-electron chi connectivity index (χ0n) is 19.4. The van der Waals surface area contributed by atoms with Crippen molar-refractivity contribution in [2.45, 2.75) is 33.9 Å². The molecule has 6 nitrogen and oxygen atoms in total. The first kappa shape index (κ1) is 23.3. The summed E-state index contributed by atoms with van der Waals surface area (Å²) in [6, 6.07) is 15.7. The molecule has 0 saturated carbocycles. The van der Waals surface area contributed by atoms with Gasteiger partial charge in [-0.25, -0.2) is 9.18 Å². The van der Waals surface area contributed by atoms with Crippen LogP contribution in [0.5, 0.6) is 11.5 Å². The van der Waals surface area contributed by atoms with Gasteiger partial charge in [-0.05, 0) is 73.9 Å². The Kier molecular flexibility index (Phi) is 6.82. The number of hydrogen-bond acceptors (Lipinski definition) is 5. The summed E-state index contributed by atoms with van der Waals surface area (Å²) in [5, 5.41) is 0. The SMILES string of the molecule is CCOC(=O)COc1ccc(COc2cccc3c2CN(c2ccc(C)c(F)c2)C3=O)cc1C. The number of nitrogens with zero attached hydrogens (tertiary/aromatic N) is 1. The number of fused-ring (bicyclic) bond motifs is 1. The molecule has 0 unspecified atom stereocenters. The minimum absolute atomic E-state index is 0.143. The van der Waals surface area contributed by atoms with Crippen molar-refractivity contribution < 1.29 is 28.2 Å². The Labute approximate surface area is 197 Å². The number of benzene rings is 3. The predicted octanol–water partition coefficient (Wildman–Crippen LogP) is 5.12. The highest BCUT2D eigenvalue weighted by Crippen LogP contribution is 2.35. The van der Waals surface area contributed by atoms with E-state index in [2.05, 4.69) is 0 Å². The summed E-state index contributed by atoms with van der Waals surface area (Å²) in [5.41, 5.74) is 4.16. The van der Waals surface area contributed by atoms with Gasteiger partial charge in [0.2, 0.25) is 0 Å². The maximum Gasteiger partial charge on any atom is 0.344 e. The average molecular weight is 464 g/mol. The van der Waals surface area contributed by atoms with Crippen LogP contribution in [0, 0.1) is 19.7 Å². The topological polar surface area (TPSA) is 65.1 Å². The van der Waals surface area contributed by atoms with Crippen LogP contribution < -0.4 is 14.4 Å². The quantitative estimate of drug-likeness (QED) is 0.434. The first-order valence-electron chi connectivity index (χ1n) is 11.1. The molecular formula is C27H26FNO5. The van der Waals surface area contributed by atoms with Crippen molar-refractivity contribution in [1.29, 1.82) is 0 Å². The van der Waals surface area contributed by atoms with Crippen molar-refractivity contribution in [3.05, 3.63) is 88.2 Å². The van der Waals surface area contributed by atoms with E-state index < -0.39 is 5.97 Å². The molecule has 0 fully saturated rings. The number of aryl methyl sites for hydroxylation is 2. The second-order valence-electron chi connectivity index (χ2n) is 8.09. The molecule has 0 aliphatic carbocycles. The summed E-state index contributed by atoms with van der Waals surface area (Å²) in [7, 11) is 0. The Hall–Kier alpha value is -3.87. The molecule has 0 spiro atoms. The molecule has 0 saturated heterocycles. The Bertz CT molecular complexity index is 1240. The number of halogens is 1. The third-order valence-electron chi connectivity index (χ3n) is 5.68. The fourth-order valence-corrected chi connectivity index (χ4v) is 3.86. The monoisotopic (exact) mass is 463 g/mol. The molecule has 1 amide bonds. The van der Waals surface area contributed by atoms with E-state index in [9.17, 15) is 14.0 Å². The summed E-state index contributed by atoms with van der Waals surface area (Å²) in [6.07, 6.45) is 0. The van der Waals surface area contributed by atoms with E-state index in [1.807, 2.05) is 25.1 Å². The lowest BCUT2D eigenvalue weighted by molar-refractivity contribution is -0.145. The van der Waals surface area contributed by atoms with Crippen LogP contribution in [-0.2, 0) is 22.7 Å². The Morgan fingerprint density at radius 2 is 1.82 bits per heavy atom. The van der Waals surface area contributed by atoms with E-state index in [1.54, 1.807) is 49.1 Å². The van der Waals surface area contributed by atoms with Crippen LogP contribution in [0.2, 0.25) is 0 Å². The highest BCUT2D eigenvalue weighted by Gasteiger charge is 2.31. The second kappa shape index (κ2) is 9.95. The highest BCUT2D eigenvalue weighted by atomic mass is 19.1. The predicted molar refractivity (Wildman–Crippen MR) is 126 cm³/mol. The Morgan fingerprint density at radius 1 is 1.00 bits per heavy atom. The number of esters is 1. The molecule has 0 N–H and O–H groups in total. The van der Waals surface area contributed by atoms with Crippen LogP contribution in [0.25, 0.3) is 0 Å². The zero-order chi connectivity index (χ0) is 24.2. The van der Waals surface area contributed by atoms with Gasteiger partial charge in [0.15, 0.2) is 6.61 Å². The zero-order valence-corrected chi connectivity index (χ0v) is 19.4. The van der Waals surface area contributed by atoms with Crippen molar-refractivity contribution in [3.8, 4) is 11.5 Å². The van der Waals surface area contributed by atoms with Gasteiger partial charge in [-0.3, -0.25) is 4.79 Å². The number of hydrogen-bond donors (Lipinski definition) is 0. The first-order chi connectivity index (χ1) is 16.4. The van der Waals surface area contributed by atoms with Crippen LogP contribution in [-0.4, -0.2) is 25.1 Å². The average Bonchev–Trinajstić information content (AvgIpc) is 3.16. The van der Waals surface area contributed by atoms with Gasteiger partial charge < -0.3 is 19.1 Å². The Morgan fingerprint density at radius 3 is 2.56 bits per heavy atom. The summed E-state index contributed by atoms with van der Waals surface area (Å²) in [5.74, 6) is 0.278. The van der Waals surface area contributed by atoms with Gasteiger partial charge in [-0.15, -0.1) is 0 Å². The molecule has 3 aromatic carbocycles. The van der Waals surface area contributed by atoms with Crippen LogP contribution in [0.1, 0.15) is 39.5 Å². The van der Waals surface area contributed by atoms with Gasteiger partial charge in [0.1, 0.15) is 23.9 Å². The largest absolute Gasteiger partial charge is 0.489 e. The number of carbonyl (C=O) groups is 2. The van der Waals surface area contributed by atoms with Gasteiger partial charge in [-0.1, -0.05) is 18.2 Å². The maximum atomic E-state index is 14.1. The van der Waals surface area contributed by atoms with E-state index in [-0.39, 0.29) is 18.3 Å². The molecule has 0 aromatic heterocycles. The van der Waals surface area contributed by atoms with E-state index in [0.29, 0.717) is 48.1 Å². The minimum atomic E-state index is -0.413. The molecule has 34 heavy (non-hydrogen) atoms. The maximum absolute atomic E-state index is 14.1. The van der Waals surface area contributed by atoms with Crippen molar-refractivity contribution in [2.75, 3.05) is 18.1 Å². The first-order valence-corrected chi connectivity index (χ1v) is 11.1. The van der Waals surface area contributed by atoms with Crippen LogP contribution in [0.15, 0.2) is 54.6 Å². The van der Waals surface area contributed by atoms with Gasteiger partial charge in [0, 0.05) is 16.8 Å². The fraction of sp³-hybridized carbons (Fsp3) is 0.259. The van der Waals surface area contributed by atoms with E-state index in [1.165, 1.54) is 6.07 Å². The normalized spacial score (nSPS) is 12.5. The summed E-state index contributed by atoms with van der Waals surface area (Å²) >= 11 is 0. The van der Waals surface area contributed by atoms with Crippen molar-refractivity contribution in [3.63, 3.8) is 0 Å². The van der Waals surface area contributed by atoms with E-state index >= 15 is 0 Å². The second-order valence-corrected chi connectivity index (χ2v) is 8.09. The molecule has 176 valence electrons. The molecule has 4 rings (SSSR count). The summed E-state index contributed by atoms with van der Waals surface area (Å²) in [4.78, 5) is 26.0. The lowest BCUT2D eigenvalue weighted by Crippen LogP contribution is -2.23. The third kappa shape index (κ3) is 4.88. The lowest BCUT2D eigenvalue weighted by Gasteiger charge is -2.16. The Balaban J connectivity index is 1.45. The van der Waals surface area contributed by atoms with Crippen LogP contribution in [0.3, 0.4) is 0 Å². The molecule has 3 aromatic rings. The molecule has 1 aliphatic rings. The van der Waals surface area contributed by atoms with E-state index in [0.717, 1.165) is 16.7 Å². The van der Waals surface area contributed by atoms with Crippen molar-refractivity contribution in [2.24, 2.45) is 0 Å². The number of anilines is 1. The molecule has 0 radical (unpaired) electrons. The molecule has 1 heterocycles. The van der Waals surface area contributed by atoms with Crippen molar-refractivity contribution in [1.82, 2.24) is 0 Å². The third-order valence-corrected chi connectivity index (χ3v) is 5.68. The van der Waals surface area contributed by atoms with Gasteiger partial charge >= 0.3 is 5.97 Å². The number of carbonyl (C=O) groups excluding carboxylic acids is 2. The standard InChI is InChI=1S/C27H26FNO5/c1-4-32-26(30)16-34-24-11-9-19(12-18(24)3)15-33-25-7-5-6-21-22(25)14-29(27(21)31)20-10-8-17(2)23(28)13-20/h5-13H,4,14-16H2,1-3H3. The number of ether oxygens (including phenoxy) is 3. The summed E-state index contributed by atoms with van der Waals surface area (Å²) < 4.78 is 30.5. The molecule has 0 bridgehead atoms. The molecular weight excluding hydrogens is 437 g/mol. The number of amides is 1. The molecule has 1 aliphatic heterocycles. The lowest BCUT2D eigenvalue weighted by atomic mass is 10.1. The minimum Gasteiger partial charge on any atom is -0.489 e. The smallest absolute Gasteiger partial charge is 0.344 e. The highest BCUT2D eigenvalue weighted by molar-refractivity contribution is 6.10. The van der Waals surface area contributed by atoms with Crippen LogP contribution >= 0.6 is 0 Å². The molecule has 7 heteroatoms. The number of rotatable bonds is 8. The van der Waals surface area contributed by atoms with Crippen LogP contribution in [0.4, 0.5) is 10.1 Å². The van der Waals surface area contributed by atoms with Crippen molar-refractivity contribution >= 4 is 17.6 Å². The summed E-state index contributed by atoms with van der Waals surface area (Å²) in [6.45, 7) is 6.10. The molecule has 0 atom stereocenters. The van der Waals surface area contributed by atoms with Gasteiger partial charge in [0.25, 0.3) is 5.91 Å². The van der Waals surface area contributed by atoms with Gasteiger partial charge in [-0.2, -0.15) is 0 Å². The fourth-order valence-electron chi connectivity index (χ4n) is 3.86. The van der Waals surface area contributed by atoms with Gasteiger partial charge in [0.05, 0.1) is 13.2 Å².